The Morgan fingerprint density at radius 1 is 0.971 bits per heavy atom. The van der Waals surface area contributed by atoms with Gasteiger partial charge in [0.05, 0.1) is 6.54 Å². The fraction of sp³-hybridized carbons (Fsp3) is 0.192. The van der Waals surface area contributed by atoms with Crippen LogP contribution in [0.2, 0.25) is 0 Å². The number of fused-ring (bicyclic) bond motifs is 3. The molecule has 1 aliphatic rings. The van der Waals surface area contributed by atoms with Crippen LogP contribution in [-0.2, 0) is 9.53 Å². The second-order valence-corrected chi connectivity index (χ2v) is 8.17. The first-order valence-electron chi connectivity index (χ1n) is 10.8. The molecule has 0 spiro atoms. The number of halogens is 2. The highest BCUT2D eigenvalue weighted by Crippen LogP contribution is 2.44. The maximum absolute atomic E-state index is 13.2. The monoisotopic (exact) mass is 480 g/mol. The van der Waals surface area contributed by atoms with Crippen LogP contribution in [0.15, 0.2) is 66.7 Å². The summed E-state index contributed by atoms with van der Waals surface area (Å²) in [6.07, 6.45) is -0.673. The van der Waals surface area contributed by atoms with Gasteiger partial charge in [-0.2, -0.15) is 8.78 Å². The number of ether oxygens (including phenoxy) is 1. The molecule has 2 amide bonds. The minimum Gasteiger partial charge on any atom is -0.477 e. The lowest BCUT2D eigenvalue weighted by molar-refractivity contribution is -0.163. The number of benzene rings is 3. The van der Waals surface area contributed by atoms with Gasteiger partial charge in [-0.3, -0.25) is 10.1 Å². The Balaban J connectivity index is 1.38. The van der Waals surface area contributed by atoms with E-state index in [4.69, 9.17) is 9.84 Å². The summed E-state index contributed by atoms with van der Waals surface area (Å²) in [4.78, 5) is 35.1. The van der Waals surface area contributed by atoms with Crippen molar-refractivity contribution in [3.8, 4) is 11.1 Å². The lowest BCUT2D eigenvalue weighted by Gasteiger charge is -2.16. The van der Waals surface area contributed by atoms with Gasteiger partial charge in [-0.25, -0.2) is 9.59 Å². The van der Waals surface area contributed by atoms with Crippen LogP contribution in [0.25, 0.3) is 11.1 Å². The number of hydrogen-bond acceptors (Lipinski definition) is 4. The second-order valence-electron chi connectivity index (χ2n) is 8.17. The van der Waals surface area contributed by atoms with Crippen molar-refractivity contribution in [2.45, 2.75) is 18.8 Å². The summed E-state index contributed by atoms with van der Waals surface area (Å²) in [5.74, 6) is -7.35. The zero-order valence-electron chi connectivity index (χ0n) is 18.7. The Labute approximate surface area is 199 Å². The molecular weight excluding hydrogens is 458 g/mol. The molecule has 9 heteroatoms. The van der Waals surface area contributed by atoms with Gasteiger partial charge in [0.15, 0.2) is 0 Å². The number of aryl methyl sites for hydroxylation is 1. The molecule has 35 heavy (non-hydrogen) atoms. The van der Waals surface area contributed by atoms with E-state index in [0.717, 1.165) is 22.3 Å². The Kier molecular flexibility index (Phi) is 6.50. The number of alkyl halides is 2. The molecule has 4 rings (SSSR count). The van der Waals surface area contributed by atoms with E-state index >= 15 is 0 Å². The van der Waals surface area contributed by atoms with E-state index < -0.39 is 30.4 Å². The van der Waals surface area contributed by atoms with Gasteiger partial charge < -0.3 is 15.2 Å². The van der Waals surface area contributed by atoms with Gasteiger partial charge in [-0.15, -0.1) is 0 Å². The predicted octanol–water partition coefficient (Wildman–Crippen LogP) is 4.81. The molecule has 0 saturated heterocycles. The molecule has 0 unspecified atom stereocenters. The van der Waals surface area contributed by atoms with Crippen LogP contribution < -0.4 is 10.6 Å². The highest BCUT2D eigenvalue weighted by atomic mass is 19.3. The molecule has 1 aliphatic carbocycles. The van der Waals surface area contributed by atoms with Gasteiger partial charge in [-0.05, 0) is 52.9 Å². The third-order valence-corrected chi connectivity index (χ3v) is 5.85. The first kappa shape index (κ1) is 23.9. The molecule has 0 aliphatic heterocycles. The number of amides is 2. The quantitative estimate of drug-likeness (QED) is 0.450. The van der Waals surface area contributed by atoms with Crippen LogP contribution >= 0.6 is 0 Å². The molecule has 3 aromatic rings. The number of carbonyl (C=O) groups is 3. The van der Waals surface area contributed by atoms with Crippen LogP contribution in [0.4, 0.5) is 19.3 Å². The molecule has 7 nitrogen and oxygen atoms in total. The number of rotatable bonds is 7. The van der Waals surface area contributed by atoms with Crippen molar-refractivity contribution >= 4 is 23.7 Å². The fourth-order valence-corrected chi connectivity index (χ4v) is 4.06. The van der Waals surface area contributed by atoms with Crippen molar-refractivity contribution in [1.82, 2.24) is 5.32 Å². The SMILES string of the molecule is Cc1cc(C(=O)NCC(F)(F)C(=O)O)ccc1NC(=O)OCC1c2ccccc2-c2ccccc21. The molecule has 0 atom stereocenters. The minimum absolute atomic E-state index is 0.0433. The summed E-state index contributed by atoms with van der Waals surface area (Å²) in [6, 6.07) is 20.1. The van der Waals surface area contributed by atoms with E-state index in [2.05, 4.69) is 5.32 Å². The minimum atomic E-state index is -4.07. The van der Waals surface area contributed by atoms with Crippen molar-refractivity contribution in [3.05, 3.63) is 89.0 Å². The summed E-state index contributed by atoms with van der Waals surface area (Å²) in [5.41, 5.74) is 5.32. The molecule has 0 saturated carbocycles. The van der Waals surface area contributed by atoms with Gasteiger partial charge in [0.2, 0.25) is 0 Å². The van der Waals surface area contributed by atoms with E-state index in [1.807, 2.05) is 53.8 Å². The van der Waals surface area contributed by atoms with Crippen LogP contribution in [0.1, 0.15) is 33.0 Å². The van der Waals surface area contributed by atoms with Gasteiger partial charge in [0.25, 0.3) is 5.91 Å². The zero-order chi connectivity index (χ0) is 25.2. The van der Waals surface area contributed by atoms with Crippen LogP contribution in [0.5, 0.6) is 0 Å². The number of nitrogens with one attached hydrogen (secondary N) is 2. The topological polar surface area (TPSA) is 105 Å². The summed E-state index contributed by atoms with van der Waals surface area (Å²) in [7, 11) is 0. The molecule has 180 valence electrons. The molecule has 0 fully saturated rings. The normalized spacial score (nSPS) is 12.4. The fourth-order valence-electron chi connectivity index (χ4n) is 4.06. The number of aliphatic carboxylic acids is 1. The third kappa shape index (κ3) is 4.98. The van der Waals surface area contributed by atoms with Crippen molar-refractivity contribution in [1.29, 1.82) is 0 Å². The lowest BCUT2D eigenvalue weighted by atomic mass is 9.98. The van der Waals surface area contributed by atoms with Crippen molar-refractivity contribution in [2.24, 2.45) is 0 Å². The van der Waals surface area contributed by atoms with Gasteiger partial charge >= 0.3 is 18.0 Å². The summed E-state index contributed by atoms with van der Waals surface area (Å²) in [5, 5.41) is 13.0. The first-order valence-corrected chi connectivity index (χ1v) is 10.8. The van der Waals surface area contributed by atoms with Gasteiger partial charge in [-0.1, -0.05) is 48.5 Å². The standard InChI is InChI=1S/C26H22F2N2O5/c1-15-12-16(23(31)29-14-26(27,28)24(32)33)10-11-22(15)30-25(34)35-13-21-19-8-4-2-6-17(19)18-7-3-5-9-20(18)21/h2-12,21H,13-14H2,1H3,(H,29,31)(H,30,34)(H,32,33). The number of hydrogen-bond donors (Lipinski definition) is 3. The maximum Gasteiger partial charge on any atom is 0.411 e. The van der Waals surface area contributed by atoms with E-state index in [0.29, 0.717) is 11.3 Å². The van der Waals surface area contributed by atoms with Crippen LogP contribution in [-0.4, -0.2) is 42.2 Å². The Hall–Kier alpha value is -4.27. The van der Waals surface area contributed by atoms with E-state index in [1.54, 1.807) is 6.92 Å². The predicted molar refractivity (Wildman–Crippen MR) is 125 cm³/mol. The number of anilines is 1. The van der Waals surface area contributed by atoms with E-state index in [9.17, 15) is 23.2 Å². The Morgan fingerprint density at radius 2 is 1.57 bits per heavy atom. The lowest BCUT2D eigenvalue weighted by Crippen LogP contribution is -2.42. The first-order chi connectivity index (χ1) is 16.7. The molecule has 0 radical (unpaired) electrons. The van der Waals surface area contributed by atoms with E-state index in [1.165, 1.54) is 18.2 Å². The molecular formula is C26H22F2N2O5. The maximum atomic E-state index is 13.2. The second kappa shape index (κ2) is 9.54. The van der Waals surface area contributed by atoms with Crippen molar-refractivity contribution in [3.63, 3.8) is 0 Å². The Morgan fingerprint density at radius 3 is 2.14 bits per heavy atom. The molecule has 0 aromatic heterocycles. The zero-order valence-corrected chi connectivity index (χ0v) is 18.7. The molecule has 0 heterocycles. The number of carboxylic acid groups (broad SMARTS) is 1. The third-order valence-electron chi connectivity index (χ3n) is 5.85. The largest absolute Gasteiger partial charge is 0.477 e. The summed E-state index contributed by atoms with van der Waals surface area (Å²) >= 11 is 0. The van der Waals surface area contributed by atoms with Crippen LogP contribution in [0.3, 0.4) is 0 Å². The number of carboxylic acids is 1. The van der Waals surface area contributed by atoms with Gasteiger partial charge in [0.1, 0.15) is 6.61 Å². The summed E-state index contributed by atoms with van der Waals surface area (Å²) < 4.78 is 31.9. The van der Waals surface area contributed by atoms with Gasteiger partial charge in [0, 0.05) is 17.2 Å². The highest BCUT2D eigenvalue weighted by Gasteiger charge is 2.39. The average molecular weight is 480 g/mol. The molecule has 3 aromatic carbocycles. The van der Waals surface area contributed by atoms with E-state index in [-0.39, 0.29) is 18.1 Å². The Bertz CT molecular complexity index is 1260. The van der Waals surface area contributed by atoms with Crippen molar-refractivity contribution < 1.29 is 33.0 Å². The highest BCUT2D eigenvalue weighted by molar-refractivity contribution is 5.96. The van der Waals surface area contributed by atoms with Crippen LogP contribution in [0, 0.1) is 6.92 Å². The smallest absolute Gasteiger partial charge is 0.411 e. The number of carbonyl (C=O) groups excluding carboxylic acids is 2. The average Bonchev–Trinajstić information content (AvgIpc) is 3.16. The molecule has 3 N–H and O–H groups in total. The van der Waals surface area contributed by atoms with Crippen molar-refractivity contribution in [2.75, 3.05) is 18.5 Å². The summed E-state index contributed by atoms with van der Waals surface area (Å²) in [6.45, 7) is 0.429. The molecule has 0 bridgehead atoms.